The molecule has 4 rings (SSSR count). The molecule has 2 aromatic carbocycles. The molecule has 2 heterocycles. The van der Waals surface area contributed by atoms with Crippen LogP contribution >= 0.6 is 0 Å². The third kappa shape index (κ3) is 3.54. The summed E-state index contributed by atoms with van der Waals surface area (Å²) in [6.07, 6.45) is 0. The Labute approximate surface area is 160 Å². The molecular weight excluding hydrogens is 364 g/mol. The van der Waals surface area contributed by atoms with Gasteiger partial charge in [0.05, 0.1) is 4.90 Å². The molecule has 2 aromatic rings. The highest BCUT2D eigenvalue weighted by Crippen LogP contribution is 2.35. The van der Waals surface area contributed by atoms with Gasteiger partial charge in [-0.1, -0.05) is 30.3 Å². The number of fused-ring (bicyclic) bond motifs is 1. The molecule has 0 saturated carbocycles. The summed E-state index contributed by atoms with van der Waals surface area (Å²) < 4.78 is 38.5. The van der Waals surface area contributed by atoms with E-state index >= 15 is 0 Å². The fraction of sp³-hybridized carbons (Fsp3) is 0.400. The number of ether oxygens (including phenoxy) is 2. The van der Waals surface area contributed by atoms with Gasteiger partial charge < -0.3 is 9.47 Å². The second-order valence-corrected chi connectivity index (χ2v) is 9.13. The molecule has 0 bridgehead atoms. The fourth-order valence-corrected chi connectivity index (χ4v) is 5.41. The molecule has 0 aromatic heterocycles. The molecule has 1 fully saturated rings. The number of piperazine rings is 1. The molecule has 7 heteroatoms. The zero-order chi connectivity index (χ0) is 19.0. The zero-order valence-corrected chi connectivity index (χ0v) is 16.4. The monoisotopic (exact) mass is 388 g/mol. The number of nitrogens with zero attached hydrogens (tertiary/aromatic N) is 2. The molecule has 0 spiro atoms. The Kier molecular flexibility index (Phi) is 4.84. The molecule has 0 amide bonds. The van der Waals surface area contributed by atoms with Gasteiger partial charge in [-0.25, -0.2) is 8.42 Å². The van der Waals surface area contributed by atoms with Crippen molar-refractivity contribution in [3.05, 3.63) is 54.1 Å². The summed E-state index contributed by atoms with van der Waals surface area (Å²) in [6.45, 7) is 6.05. The SMILES string of the molecule is CC1CN(S(=O)(=O)c2ccc3c(c2)OCO3)CC(C)N1Cc1ccccc1. The highest BCUT2D eigenvalue weighted by molar-refractivity contribution is 7.89. The van der Waals surface area contributed by atoms with Crippen LogP contribution in [0.3, 0.4) is 0 Å². The Balaban J connectivity index is 1.52. The van der Waals surface area contributed by atoms with Gasteiger partial charge in [-0.15, -0.1) is 0 Å². The second-order valence-electron chi connectivity index (χ2n) is 7.19. The first-order valence-electron chi connectivity index (χ1n) is 9.14. The Morgan fingerprint density at radius 3 is 2.33 bits per heavy atom. The van der Waals surface area contributed by atoms with E-state index in [2.05, 4.69) is 30.9 Å². The highest BCUT2D eigenvalue weighted by atomic mass is 32.2. The van der Waals surface area contributed by atoms with Gasteiger partial charge in [-0.05, 0) is 31.5 Å². The van der Waals surface area contributed by atoms with E-state index in [4.69, 9.17) is 9.47 Å². The van der Waals surface area contributed by atoms with Crippen LogP contribution in [0.2, 0.25) is 0 Å². The van der Waals surface area contributed by atoms with Crippen molar-refractivity contribution < 1.29 is 17.9 Å². The first-order valence-corrected chi connectivity index (χ1v) is 10.6. The van der Waals surface area contributed by atoms with E-state index in [1.165, 1.54) is 5.56 Å². The molecule has 1 saturated heterocycles. The van der Waals surface area contributed by atoms with Crippen molar-refractivity contribution in [3.63, 3.8) is 0 Å². The van der Waals surface area contributed by atoms with Gasteiger partial charge in [0.15, 0.2) is 11.5 Å². The predicted octanol–water partition coefficient (Wildman–Crippen LogP) is 2.70. The average Bonchev–Trinajstić information content (AvgIpc) is 3.13. The Morgan fingerprint density at radius 2 is 1.63 bits per heavy atom. The summed E-state index contributed by atoms with van der Waals surface area (Å²) in [4.78, 5) is 2.61. The summed E-state index contributed by atoms with van der Waals surface area (Å²) >= 11 is 0. The lowest BCUT2D eigenvalue weighted by atomic mass is 10.1. The van der Waals surface area contributed by atoms with Gasteiger partial charge in [-0.2, -0.15) is 4.31 Å². The van der Waals surface area contributed by atoms with E-state index < -0.39 is 10.0 Å². The minimum atomic E-state index is -3.57. The van der Waals surface area contributed by atoms with Crippen LogP contribution in [0.15, 0.2) is 53.4 Å². The number of benzene rings is 2. The van der Waals surface area contributed by atoms with E-state index in [1.54, 1.807) is 22.5 Å². The van der Waals surface area contributed by atoms with Crippen molar-refractivity contribution in [1.29, 1.82) is 0 Å². The maximum atomic E-state index is 13.2. The molecule has 0 radical (unpaired) electrons. The molecular formula is C20H24N2O4S. The van der Waals surface area contributed by atoms with Crippen molar-refractivity contribution in [3.8, 4) is 11.5 Å². The summed E-state index contributed by atoms with van der Waals surface area (Å²) in [6, 6.07) is 15.3. The maximum absolute atomic E-state index is 13.2. The van der Waals surface area contributed by atoms with Crippen molar-refractivity contribution in [2.45, 2.75) is 37.4 Å². The molecule has 27 heavy (non-hydrogen) atoms. The van der Waals surface area contributed by atoms with Gasteiger partial charge in [0.2, 0.25) is 16.8 Å². The largest absolute Gasteiger partial charge is 0.454 e. The van der Waals surface area contributed by atoms with Gasteiger partial charge in [-0.3, -0.25) is 4.90 Å². The quantitative estimate of drug-likeness (QED) is 0.806. The van der Waals surface area contributed by atoms with E-state index in [-0.39, 0.29) is 23.8 Å². The van der Waals surface area contributed by atoms with E-state index in [0.717, 1.165) is 6.54 Å². The third-order valence-corrected chi connectivity index (χ3v) is 7.09. The lowest BCUT2D eigenvalue weighted by Crippen LogP contribution is -2.57. The summed E-state index contributed by atoms with van der Waals surface area (Å²) in [5.74, 6) is 1.07. The molecule has 2 aliphatic heterocycles. The first-order chi connectivity index (χ1) is 12.9. The first kappa shape index (κ1) is 18.3. The normalized spacial score (nSPS) is 23.5. The van der Waals surface area contributed by atoms with Gasteiger partial charge in [0.1, 0.15) is 0 Å². The van der Waals surface area contributed by atoms with Crippen LogP contribution in [0, 0.1) is 0 Å². The molecule has 0 N–H and O–H groups in total. The topological polar surface area (TPSA) is 59.1 Å². The van der Waals surface area contributed by atoms with Gasteiger partial charge >= 0.3 is 0 Å². The van der Waals surface area contributed by atoms with Crippen LogP contribution < -0.4 is 9.47 Å². The van der Waals surface area contributed by atoms with Crippen molar-refractivity contribution in [2.75, 3.05) is 19.9 Å². The van der Waals surface area contributed by atoms with Crippen LogP contribution in [-0.2, 0) is 16.6 Å². The van der Waals surface area contributed by atoms with E-state index in [9.17, 15) is 8.42 Å². The summed E-state index contributed by atoms with van der Waals surface area (Å²) in [5.41, 5.74) is 1.24. The van der Waals surface area contributed by atoms with Crippen molar-refractivity contribution in [1.82, 2.24) is 9.21 Å². The van der Waals surface area contributed by atoms with Crippen molar-refractivity contribution >= 4 is 10.0 Å². The Morgan fingerprint density at radius 1 is 0.963 bits per heavy atom. The third-order valence-electron chi connectivity index (χ3n) is 5.26. The molecule has 2 aliphatic rings. The minimum Gasteiger partial charge on any atom is -0.454 e. The Hall–Kier alpha value is -2.09. The minimum absolute atomic E-state index is 0.123. The van der Waals surface area contributed by atoms with Gasteiger partial charge in [0, 0.05) is 37.8 Å². The highest BCUT2D eigenvalue weighted by Gasteiger charge is 2.36. The average molecular weight is 388 g/mol. The van der Waals surface area contributed by atoms with Crippen LogP contribution in [0.1, 0.15) is 19.4 Å². The van der Waals surface area contributed by atoms with Crippen molar-refractivity contribution in [2.24, 2.45) is 0 Å². The molecule has 6 nitrogen and oxygen atoms in total. The Bertz CT molecular complexity index is 905. The van der Waals surface area contributed by atoms with Gasteiger partial charge in [0.25, 0.3) is 0 Å². The number of hydrogen-bond donors (Lipinski definition) is 0. The summed E-state index contributed by atoms with van der Waals surface area (Å²) in [7, 11) is -3.57. The standard InChI is InChI=1S/C20H24N2O4S/c1-15-11-21(12-16(2)22(15)13-17-6-4-3-5-7-17)27(23,24)18-8-9-19-20(10-18)26-14-25-19/h3-10,15-16H,11-14H2,1-2H3. The second kappa shape index (κ2) is 7.14. The fourth-order valence-electron chi connectivity index (χ4n) is 3.80. The number of sulfonamides is 1. The van der Waals surface area contributed by atoms with Crippen LogP contribution in [0.25, 0.3) is 0 Å². The maximum Gasteiger partial charge on any atom is 0.243 e. The zero-order valence-electron chi connectivity index (χ0n) is 15.5. The predicted molar refractivity (Wildman–Crippen MR) is 102 cm³/mol. The molecule has 2 atom stereocenters. The van der Waals surface area contributed by atoms with Crippen LogP contribution in [-0.4, -0.2) is 49.6 Å². The number of hydrogen-bond acceptors (Lipinski definition) is 5. The summed E-state index contributed by atoms with van der Waals surface area (Å²) in [5, 5.41) is 0. The smallest absolute Gasteiger partial charge is 0.243 e. The van der Waals surface area contributed by atoms with E-state index in [1.807, 2.05) is 18.2 Å². The van der Waals surface area contributed by atoms with E-state index in [0.29, 0.717) is 24.6 Å². The van der Waals surface area contributed by atoms with Crippen LogP contribution in [0.4, 0.5) is 0 Å². The molecule has 0 aliphatic carbocycles. The lowest BCUT2D eigenvalue weighted by Gasteiger charge is -2.43. The molecule has 2 unspecified atom stereocenters. The van der Waals surface area contributed by atoms with Crippen LogP contribution in [0.5, 0.6) is 11.5 Å². The molecule has 144 valence electrons. The number of rotatable bonds is 4. The lowest BCUT2D eigenvalue weighted by molar-refractivity contribution is 0.0699.